The molecular formula is C29H40ClN3O4S. The van der Waals surface area contributed by atoms with Crippen LogP contribution in [0.2, 0.25) is 5.02 Å². The van der Waals surface area contributed by atoms with Gasteiger partial charge in [-0.1, -0.05) is 82.0 Å². The van der Waals surface area contributed by atoms with Gasteiger partial charge in [0.1, 0.15) is 12.6 Å². The summed E-state index contributed by atoms with van der Waals surface area (Å²) in [5, 5.41) is 3.73. The van der Waals surface area contributed by atoms with E-state index in [9.17, 15) is 18.0 Å². The number of hydrogen-bond donors (Lipinski definition) is 1. The van der Waals surface area contributed by atoms with Gasteiger partial charge in [0.2, 0.25) is 21.8 Å². The molecule has 1 aliphatic rings. The second-order valence-electron chi connectivity index (χ2n) is 10.4. The van der Waals surface area contributed by atoms with Gasteiger partial charge in [-0.15, -0.1) is 0 Å². The summed E-state index contributed by atoms with van der Waals surface area (Å²) in [7, 11) is -3.79. The Kier molecular flexibility index (Phi) is 10.6. The summed E-state index contributed by atoms with van der Waals surface area (Å²) in [6.45, 7) is 5.60. The lowest BCUT2D eigenvalue weighted by Crippen LogP contribution is -2.54. The van der Waals surface area contributed by atoms with E-state index < -0.39 is 28.5 Å². The third-order valence-corrected chi connectivity index (χ3v) is 8.49. The van der Waals surface area contributed by atoms with E-state index in [1.807, 2.05) is 45.0 Å². The van der Waals surface area contributed by atoms with Gasteiger partial charge < -0.3 is 10.2 Å². The SMILES string of the molecule is CC[C@H](C(=O)NC1CCCCC1)N(Cc1ccc(Cl)cc1)C(=O)CN(c1ccccc1C(C)C)S(C)(=O)=O. The van der Waals surface area contributed by atoms with E-state index in [1.54, 1.807) is 24.3 Å². The van der Waals surface area contributed by atoms with Crippen LogP contribution in [0, 0.1) is 0 Å². The highest BCUT2D eigenvalue weighted by Crippen LogP contribution is 2.29. The van der Waals surface area contributed by atoms with Crippen molar-refractivity contribution in [2.24, 2.45) is 0 Å². The van der Waals surface area contributed by atoms with Crippen LogP contribution >= 0.6 is 11.6 Å². The first-order chi connectivity index (χ1) is 18.0. The Balaban J connectivity index is 1.95. The molecule has 0 radical (unpaired) electrons. The largest absolute Gasteiger partial charge is 0.352 e. The van der Waals surface area contributed by atoms with Crippen molar-refractivity contribution in [2.75, 3.05) is 17.1 Å². The van der Waals surface area contributed by atoms with Crippen LogP contribution in [0.5, 0.6) is 0 Å². The molecule has 0 spiro atoms. The number of para-hydroxylation sites is 1. The maximum Gasteiger partial charge on any atom is 0.244 e. The Hall–Kier alpha value is -2.58. The van der Waals surface area contributed by atoms with Crippen LogP contribution in [-0.4, -0.2) is 50.0 Å². The fourth-order valence-electron chi connectivity index (χ4n) is 5.05. The molecule has 9 heteroatoms. The zero-order chi connectivity index (χ0) is 27.9. The summed E-state index contributed by atoms with van der Waals surface area (Å²) in [4.78, 5) is 28.9. The van der Waals surface area contributed by atoms with Crippen LogP contribution in [0.4, 0.5) is 5.69 Å². The molecule has 1 N–H and O–H groups in total. The zero-order valence-electron chi connectivity index (χ0n) is 22.8. The fraction of sp³-hybridized carbons (Fsp3) is 0.517. The number of amides is 2. The van der Waals surface area contributed by atoms with Gasteiger partial charge >= 0.3 is 0 Å². The number of halogens is 1. The van der Waals surface area contributed by atoms with Crippen molar-refractivity contribution < 1.29 is 18.0 Å². The molecule has 2 aromatic rings. The minimum Gasteiger partial charge on any atom is -0.352 e. The number of carbonyl (C=O) groups is 2. The van der Waals surface area contributed by atoms with Crippen LogP contribution in [0.3, 0.4) is 0 Å². The van der Waals surface area contributed by atoms with Gasteiger partial charge in [-0.05, 0) is 54.5 Å². The summed E-state index contributed by atoms with van der Waals surface area (Å²) in [6.07, 6.45) is 6.70. The van der Waals surface area contributed by atoms with Gasteiger partial charge in [0.05, 0.1) is 11.9 Å². The van der Waals surface area contributed by atoms with E-state index in [-0.39, 0.29) is 24.4 Å². The summed E-state index contributed by atoms with van der Waals surface area (Å²) >= 11 is 6.07. The Morgan fingerprint density at radius 1 is 1.03 bits per heavy atom. The standard InChI is InChI=1S/C29H40ClN3O4S/c1-5-26(29(35)31-24-11-7-6-8-12-24)32(19-22-15-17-23(30)18-16-22)28(34)20-33(38(4,36)37)27-14-10-9-13-25(27)21(2)3/h9-10,13-18,21,24,26H,5-8,11-12,19-20H2,1-4H3,(H,31,35)/t26-/m1/s1. The lowest BCUT2D eigenvalue weighted by Gasteiger charge is -2.34. The smallest absolute Gasteiger partial charge is 0.244 e. The third-order valence-electron chi connectivity index (χ3n) is 7.11. The maximum atomic E-state index is 13.9. The molecule has 0 heterocycles. The molecule has 38 heavy (non-hydrogen) atoms. The van der Waals surface area contributed by atoms with Crippen molar-refractivity contribution >= 4 is 39.1 Å². The first-order valence-electron chi connectivity index (χ1n) is 13.4. The van der Waals surface area contributed by atoms with Crippen molar-refractivity contribution in [3.05, 3.63) is 64.7 Å². The Morgan fingerprint density at radius 3 is 2.24 bits per heavy atom. The number of nitrogens with one attached hydrogen (secondary N) is 1. The second kappa shape index (κ2) is 13.5. The summed E-state index contributed by atoms with van der Waals surface area (Å²) in [5.41, 5.74) is 2.11. The number of anilines is 1. The average molecular weight is 562 g/mol. The molecule has 3 rings (SSSR count). The van der Waals surface area contributed by atoms with Crippen molar-refractivity contribution in [1.29, 1.82) is 0 Å². The molecule has 1 aliphatic carbocycles. The van der Waals surface area contributed by atoms with E-state index in [1.165, 1.54) is 11.3 Å². The molecule has 7 nitrogen and oxygen atoms in total. The van der Waals surface area contributed by atoms with Gasteiger partial charge in [-0.3, -0.25) is 13.9 Å². The molecule has 0 aliphatic heterocycles. The van der Waals surface area contributed by atoms with Gasteiger partial charge in [0.25, 0.3) is 0 Å². The summed E-state index contributed by atoms with van der Waals surface area (Å²) in [6, 6.07) is 13.7. The topological polar surface area (TPSA) is 86.8 Å². The quantitative estimate of drug-likeness (QED) is 0.393. The van der Waals surface area contributed by atoms with Crippen LogP contribution in [-0.2, 0) is 26.2 Å². The lowest BCUT2D eigenvalue weighted by atomic mass is 9.95. The third kappa shape index (κ3) is 7.96. The molecule has 0 bridgehead atoms. The van der Waals surface area contributed by atoms with Gasteiger partial charge in [0.15, 0.2) is 0 Å². The molecule has 2 amide bonds. The predicted molar refractivity (Wildman–Crippen MR) is 154 cm³/mol. The van der Waals surface area contributed by atoms with Gasteiger partial charge in [0, 0.05) is 17.6 Å². The van der Waals surface area contributed by atoms with E-state index in [0.29, 0.717) is 17.1 Å². The molecule has 0 saturated heterocycles. The Morgan fingerprint density at radius 2 is 1.66 bits per heavy atom. The molecule has 1 saturated carbocycles. The van der Waals surface area contributed by atoms with E-state index >= 15 is 0 Å². The van der Waals surface area contributed by atoms with Crippen LogP contribution in [0.1, 0.15) is 76.3 Å². The monoisotopic (exact) mass is 561 g/mol. The molecule has 0 aromatic heterocycles. The molecule has 2 aromatic carbocycles. The maximum absolute atomic E-state index is 13.9. The van der Waals surface area contributed by atoms with Crippen LogP contribution < -0.4 is 9.62 Å². The fourth-order valence-corrected chi connectivity index (χ4v) is 6.04. The van der Waals surface area contributed by atoms with Crippen molar-refractivity contribution in [3.8, 4) is 0 Å². The van der Waals surface area contributed by atoms with Crippen molar-refractivity contribution in [3.63, 3.8) is 0 Å². The lowest BCUT2D eigenvalue weighted by molar-refractivity contribution is -0.140. The predicted octanol–water partition coefficient (Wildman–Crippen LogP) is 5.49. The Labute approximate surface area is 232 Å². The van der Waals surface area contributed by atoms with Crippen LogP contribution in [0.25, 0.3) is 0 Å². The Bertz CT molecular complexity index is 1190. The number of nitrogens with zero attached hydrogens (tertiary/aromatic N) is 2. The van der Waals surface area contributed by atoms with E-state index in [4.69, 9.17) is 11.6 Å². The number of hydrogen-bond acceptors (Lipinski definition) is 4. The first-order valence-corrected chi connectivity index (χ1v) is 15.6. The number of sulfonamides is 1. The highest BCUT2D eigenvalue weighted by Gasteiger charge is 2.33. The summed E-state index contributed by atoms with van der Waals surface area (Å²) < 4.78 is 27.1. The molecule has 1 fully saturated rings. The van der Waals surface area contributed by atoms with Crippen LogP contribution in [0.15, 0.2) is 48.5 Å². The van der Waals surface area contributed by atoms with E-state index in [2.05, 4.69) is 5.32 Å². The molecule has 208 valence electrons. The van der Waals surface area contributed by atoms with Crippen molar-refractivity contribution in [1.82, 2.24) is 10.2 Å². The van der Waals surface area contributed by atoms with Gasteiger partial charge in [-0.25, -0.2) is 8.42 Å². The summed E-state index contributed by atoms with van der Waals surface area (Å²) in [5.74, 6) is -0.579. The highest BCUT2D eigenvalue weighted by atomic mass is 35.5. The highest BCUT2D eigenvalue weighted by molar-refractivity contribution is 7.92. The molecule has 1 atom stereocenters. The second-order valence-corrected chi connectivity index (χ2v) is 12.7. The van der Waals surface area contributed by atoms with Gasteiger partial charge in [-0.2, -0.15) is 0 Å². The average Bonchev–Trinajstić information content (AvgIpc) is 2.88. The number of benzene rings is 2. The molecule has 0 unspecified atom stereocenters. The minimum atomic E-state index is -3.79. The minimum absolute atomic E-state index is 0.0559. The van der Waals surface area contributed by atoms with E-state index in [0.717, 1.165) is 47.4 Å². The number of carbonyl (C=O) groups excluding carboxylic acids is 2. The molecular weight excluding hydrogens is 522 g/mol. The first kappa shape index (κ1) is 30.0. The zero-order valence-corrected chi connectivity index (χ0v) is 24.4. The normalized spacial score (nSPS) is 15.2. The van der Waals surface area contributed by atoms with Crippen molar-refractivity contribution in [2.45, 2.75) is 83.8 Å². The number of rotatable bonds is 11.